The Morgan fingerprint density at radius 2 is 2.00 bits per heavy atom. The molecule has 0 spiro atoms. The minimum absolute atomic E-state index is 0.0661. The molecule has 6 nitrogen and oxygen atoms in total. The van der Waals surface area contributed by atoms with Gasteiger partial charge < -0.3 is 21.1 Å². The van der Waals surface area contributed by atoms with Crippen molar-refractivity contribution in [1.29, 1.82) is 0 Å². The summed E-state index contributed by atoms with van der Waals surface area (Å²) < 4.78 is 5.19. The third kappa shape index (κ3) is 3.82. The van der Waals surface area contributed by atoms with Crippen LogP contribution in [0.4, 0.5) is 5.69 Å². The van der Waals surface area contributed by atoms with Gasteiger partial charge in [-0.1, -0.05) is 0 Å². The standard InChI is InChI=1S/C17H23N3O3/c1-23-13-6-7-15(14(9-13)17(22)19-12-4-5-12)20-16(21)10-2-3-11(18)8-10/h6-7,9-12H,2-5,8,18H2,1H3,(H,19,22)(H,20,21). The number of ether oxygens (including phenoxy) is 1. The van der Waals surface area contributed by atoms with E-state index in [2.05, 4.69) is 10.6 Å². The topological polar surface area (TPSA) is 93.4 Å². The lowest BCUT2D eigenvalue weighted by Gasteiger charge is -2.15. The summed E-state index contributed by atoms with van der Waals surface area (Å²) >= 11 is 0. The highest BCUT2D eigenvalue weighted by atomic mass is 16.5. The number of hydrogen-bond acceptors (Lipinski definition) is 4. The molecule has 2 fully saturated rings. The Kier molecular flexibility index (Phi) is 4.52. The fraction of sp³-hybridized carbons (Fsp3) is 0.529. The average Bonchev–Trinajstić information content (AvgIpc) is 3.25. The predicted octanol–water partition coefficient (Wildman–Crippen LogP) is 1.65. The number of nitrogens with one attached hydrogen (secondary N) is 2. The van der Waals surface area contributed by atoms with E-state index in [4.69, 9.17) is 10.5 Å². The molecule has 2 saturated carbocycles. The van der Waals surface area contributed by atoms with E-state index in [0.717, 1.165) is 25.7 Å². The second-order valence-corrected chi connectivity index (χ2v) is 6.42. The molecular weight excluding hydrogens is 294 g/mol. The highest BCUT2D eigenvalue weighted by Gasteiger charge is 2.29. The van der Waals surface area contributed by atoms with Crippen LogP contribution in [0.1, 0.15) is 42.5 Å². The maximum absolute atomic E-state index is 12.4. The summed E-state index contributed by atoms with van der Waals surface area (Å²) in [6.07, 6.45) is 4.39. The fourth-order valence-electron chi connectivity index (χ4n) is 2.93. The molecule has 0 heterocycles. The normalized spacial score (nSPS) is 23.4. The van der Waals surface area contributed by atoms with E-state index in [1.54, 1.807) is 25.3 Å². The fourth-order valence-corrected chi connectivity index (χ4v) is 2.93. The molecule has 0 radical (unpaired) electrons. The second-order valence-electron chi connectivity index (χ2n) is 6.42. The molecular formula is C17H23N3O3. The number of methoxy groups -OCH3 is 1. The van der Waals surface area contributed by atoms with Gasteiger partial charge >= 0.3 is 0 Å². The highest BCUT2D eigenvalue weighted by molar-refractivity contribution is 6.04. The Morgan fingerprint density at radius 3 is 2.61 bits per heavy atom. The van der Waals surface area contributed by atoms with Gasteiger partial charge in [0.05, 0.1) is 18.4 Å². The number of anilines is 1. The van der Waals surface area contributed by atoms with E-state index in [0.29, 0.717) is 23.4 Å². The summed E-state index contributed by atoms with van der Waals surface area (Å²) in [6, 6.07) is 5.47. The molecule has 0 bridgehead atoms. The van der Waals surface area contributed by atoms with E-state index in [1.165, 1.54) is 0 Å². The van der Waals surface area contributed by atoms with Gasteiger partial charge in [-0.25, -0.2) is 0 Å². The van der Waals surface area contributed by atoms with Crippen molar-refractivity contribution in [3.8, 4) is 5.75 Å². The zero-order chi connectivity index (χ0) is 16.4. The number of carbonyl (C=O) groups is 2. The van der Waals surface area contributed by atoms with Crippen LogP contribution in [0.25, 0.3) is 0 Å². The molecule has 0 aromatic heterocycles. The van der Waals surface area contributed by atoms with Crippen LogP contribution in [0.5, 0.6) is 5.75 Å². The summed E-state index contributed by atoms with van der Waals surface area (Å²) in [7, 11) is 1.55. The van der Waals surface area contributed by atoms with Crippen molar-refractivity contribution >= 4 is 17.5 Å². The molecule has 2 unspecified atom stereocenters. The number of hydrogen-bond donors (Lipinski definition) is 3. The van der Waals surface area contributed by atoms with Gasteiger partial charge in [-0.3, -0.25) is 9.59 Å². The zero-order valence-electron chi connectivity index (χ0n) is 13.3. The van der Waals surface area contributed by atoms with Crippen molar-refractivity contribution in [3.63, 3.8) is 0 Å². The Morgan fingerprint density at radius 1 is 1.22 bits per heavy atom. The summed E-state index contributed by atoms with van der Waals surface area (Å²) in [5.74, 6) is 0.270. The maximum atomic E-state index is 12.4. The van der Waals surface area contributed by atoms with Crippen molar-refractivity contribution in [2.24, 2.45) is 11.7 Å². The van der Waals surface area contributed by atoms with Gasteiger partial charge in [0, 0.05) is 18.0 Å². The molecule has 4 N–H and O–H groups in total. The Labute approximate surface area is 135 Å². The average molecular weight is 317 g/mol. The van der Waals surface area contributed by atoms with Gasteiger partial charge in [0.2, 0.25) is 5.91 Å². The lowest BCUT2D eigenvalue weighted by Crippen LogP contribution is -2.28. The molecule has 6 heteroatoms. The molecule has 2 aliphatic rings. The SMILES string of the molecule is COc1ccc(NC(=O)C2CCC(N)C2)c(C(=O)NC2CC2)c1. The molecule has 1 aromatic carbocycles. The molecule has 1 aromatic rings. The Balaban J connectivity index is 1.76. The number of benzene rings is 1. The van der Waals surface area contributed by atoms with Gasteiger partial charge in [0.15, 0.2) is 0 Å². The van der Waals surface area contributed by atoms with Gasteiger partial charge in [-0.2, -0.15) is 0 Å². The molecule has 23 heavy (non-hydrogen) atoms. The first-order valence-corrected chi connectivity index (χ1v) is 8.12. The maximum Gasteiger partial charge on any atom is 0.253 e. The molecule has 2 atom stereocenters. The zero-order valence-corrected chi connectivity index (χ0v) is 13.3. The van der Waals surface area contributed by atoms with Crippen LogP contribution in [0.3, 0.4) is 0 Å². The van der Waals surface area contributed by atoms with Crippen LogP contribution in [-0.4, -0.2) is 31.0 Å². The number of amides is 2. The number of carbonyl (C=O) groups excluding carboxylic acids is 2. The van der Waals surface area contributed by atoms with Gasteiger partial charge in [0.25, 0.3) is 5.91 Å². The molecule has 2 amide bonds. The summed E-state index contributed by atoms with van der Waals surface area (Å²) in [4.78, 5) is 24.8. The van der Waals surface area contributed by atoms with Crippen molar-refractivity contribution in [2.45, 2.75) is 44.2 Å². The molecule has 2 aliphatic carbocycles. The third-order valence-corrected chi connectivity index (χ3v) is 4.49. The number of rotatable bonds is 5. The Hall–Kier alpha value is -2.08. The van der Waals surface area contributed by atoms with Crippen molar-refractivity contribution in [3.05, 3.63) is 23.8 Å². The lowest BCUT2D eigenvalue weighted by molar-refractivity contribution is -0.119. The smallest absolute Gasteiger partial charge is 0.253 e. The molecule has 0 aliphatic heterocycles. The first-order valence-electron chi connectivity index (χ1n) is 8.12. The van der Waals surface area contributed by atoms with Crippen LogP contribution in [0.2, 0.25) is 0 Å². The first kappa shape index (κ1) is 15.8. The van der Waals surface area contributed by atoms with E-state index in [-0.39, 0.29) is 29.8 Å². The minimum Gasteiger partial charge on any atom is -0.497 e. The summed E-state index contributed by atoms with van der Waals surface area (Å²) in [5.41, 5.74) is 6.83. The largest absolute Gasteiger partial charge is 0.497 e. The Bertz CT molecular complexity index is 613. The van der Waals surface area contributed by atoms with Gasteiger partial charge in [0.1, 0.15) is 5.75 Å². The first-order chi connectivity index (χ1) is 11.1. The predicted molar refractivity (Wildman–Crippen MR) is 87.4 cm³/mol. The van der Waals surface area contributed by atoms with E-state index < -0.39 is 0 Å². The molecule has 3 rings (SSSR count). The van der Waals surface area contributed by atoms with Gasteiger partial charge in [-0.15, -0.1) is 0 Å². The van der Waals surface area contributed by atoms with Crippen molar-refractivity contribution < 1.29 is 14.3 Å². The molecule has 0 saturated heterocycles. The third-order valence-electron chi connectivity index (χ3n) is 4.49. The lowest BCUT2D eigenvalue weighted by atomic mass is 10.1. The quantitative estimate of drug-likeness (QED) is 0.770. The van der Waals surface area contributed by atoms with Crippen LogP contribution >= 0.6 is 0 Å². The van der Waals surface area contributed by atoms with E-state index in [9.17, 15) is 9.59 Å². The summed E-state index contributed by atoms with van der Waals surface area (Å²) in [6.45, 7) is 0. The number of nitrogens with two attached hydrogens (primary N) is 1. The van der Waals surface area contributed by atoms with E-state index >= 15 is 0 Å². The highest BCUT2D eigenvalue weighted by Crippen LogP contribution is 2.28. The second kappa shape index (κ2) is 6.58. The minimum atomic E-state index is -0.176. The van der Waals surface area contributed by atoms with Crippen LogP contribution < -0.4 is 21.1 Å². The summed E-state index contributed by atoms with van der Waals surface area (Å²) in [5, 5.41) is 5.83. The van der Waals surface area contributed by atoms with Crippen LogP contribution in [0, 0.1) is 5.92 Å². The van der Waals surface area contributed by atoms with Crippen LogP contribution in [0.15, 0.2) is 18.2 Å². The van der Waals surface area contributed by atoms with Crippen LogP contribution in [-0.2, 0) is 4.79 Å². The van der Waals surface area contributed by atoms with Gasteiger partial charge in [-0.05, 0) is 50.3 Å². The molecule has 124 valence electrons. The monoisotopic (exact) mass is 317 g/mol. The van der Waals surface area contributed by atoms with Crippen molar-refractivity contribution in [2.75, 3.05) is 12.4 Å². The van der Waals surface area contributed by atoms with E-state index in [1.807, 2.05) is 0 Å². The van der Waals surface area contributed by atoms with Crippen molar-refractivity contribution in [1.82, 2.24) is 5.32 Å².